The van der Waals surface area contributed by atoms with Gasteiger partial charge >= 0.3 is 12.1 Å². The highest BCUT2D eigenvalue weighted by molar-refractivity contribution is 5.97. The van der Waals surface area contributed by atoms with Crippen molar-refractivity contribution in [2.75, 3.05) is 56.2 Å². The standard InChI is InChI=1S/C35H37F6N7O3/c1-42-21-45-11-8-26(9-12-45)48-19-28(27-5-4-25(36)17-29(27)37)34(38,20-48)32(51)44-33-43-10-15-47(33)18-23-2-3-24(35(39,40)41)16-30(23)46-13-6-22(7-14-46)31(49)50/h2-5,10,15-17,22,26,28H,6-9,11-14,18-21H2,(H,49,50)(H,43,44,51)/t28-,34-/m0/s1. The number of hydrogen-bond donors (Lipinski definition) is 2. The van der Waals surface area contributed by atoms with E-state index in [1.807, 2.05) is 4.90 Å². The number of alkyl halides is 4. The van der Waals surface area contributed by atoms with E-state index in [2.05, 4.69) is 15.1 Å². The highest BCUT2D eigenvalue weighted by Crippen LogP contribution is 2.43. The molecule has 16 heteroatoms. The van der Waals surface area contributed by atoms with Crippen LogP contribution >= 0.6 is 0 Å². The minimum atomic E-state index is -4.62. The molecule has 3 aromatic rings. The second kappa shape index (κ2) is 14.5. The summed E-state index contributed by atoms with van der Waals surface area (Å²) < 4.78 is 89.0. The maximum atomic E-state index is 17.3. The van der Waals surface area contributed by atoms with Crippen molar-refractivity contribution in [3.63, 3.8) is 0 Å². The number of aliphatic carboxylic acids is 1. The number of carboxylic acid groups (broad SMARTS) is 1. The van der Waals surface area contributed by atoms with E-state index in [9.17, 15) is 32.3 Å². The molecule has 2 aromatic carbocycles. The maximum absolute atomic E-state index is 17.3. The molecule has 0 unspecified atom stereocenters. The van der Waals surface area contributed by atoms with E-state index in [-0.39, 0.29) is 75.5 Å². The van der Waals surface area contributed by atoms with Crippen molar-refractivity contribution in [2.45, 2.75) is 56.0 Å². The van der Waals surface area contributed by atoms with Gasteiger partial charge in [-0.2, -0.15) is 13.2 Å². The number of aromatic nitrogens is 2. The molecule has 10 nitrogen and oxygen atoms in total. The van der Waals surface area contributed by atoms with Gasteiger partial charge in [0.2, 0.25) is 11.6 Å². The molecule has 272 valence electrons. The third-order valence-electron chi connectivity index (χ3n) is 10.3. The number of amides is 1. The zero-order valence-electron chi connectivity index (χ0n) is 27.6. The molecular weight excluding hydrogens is 680 g/mol. The number of rotatable bonds is 9. The number of carbonyl (C=O) groups excluding carboxylic acids is 1. The first-order valence-corrected chi connectivity index (χ1v) is 16.7. The summed E-state index contributed by atoms with van der Waals surface area (Å²) in [6, 6.07) is 5.95. The van der Waals surface area contributed by atoms with E-state index in [1.54, 1.807) is 9.80 Å². The van der Waals surface area contributed by atoms with Crippen molar-refractivity contribution in [1.82, 2.24) is 19.4 Å². The lowest BCUT2D eigenvalue weighted by Crippen LogP contribution is -2.48. The molecule has 3 aliphatic heterocycles. The first kappa shape index (κ1) is 36.2. The van der Waals surface area contributed by atoms with Gasteiger partial charge in [0.25, 0.3) is 12.6 Å². The summed E-state index contributed by atoms with van der Waals surface area (Å²) in [6.07, 6.45) is -0.0722. The van der Waals surface area contributed by atoms with Crippen LogP contribution in [0.1, 0.15) is 48.3 Å². The number of imidazole rings is 1. The highest BCUT2D eigenvalue weighted by Gasteiger charge is 2.56. The molecular formula is C35H37F6N7O3. The van der Waals surface area contributed by atoms with E-state index in [0.717, 1.165) is 24.3 Å². The largest absolute Gasteiger partial charge is 0.481 e. The Morgan fingerprint density at radius 3 is 2.41 bits per heavy atom. The van der Waals surface area contributed by atoms with Crippen LogP contribution in [0.4, 0.5) is 38.0 Å². The zero-order chi connectivity index (χ0) is 36.5. The first-order valence-electron chi connectivity index (χ1n) is 16.7. The molecule has 0 bridgehead atoms. The van der Waals surface area contributed by atoms with Crippen molar-refractivity contribution < 1.29 is 41.0 Å². The first-order chi connectivity index (χ1) is 24.3. The number of piperidine rings is 2. The lowest BCUT2D eigenvalue weighted by molar-refractivity contribution is -0.142. The quantitative estimate of drug-likeness (QED) is 0.219. The Balaban J connectivity index is 1.25. The van der Waals surface area contributed by atoms with Gasteiger partial charge in [-0.1, -0.05) is 12.1 Å². The number of carbonyl (C=O) groups is 2. The van der Waals surface area contributed by atoms with E-state index in [4.69, 9.17) is 6.57 Å². The summed E-state index contributed by atoms with van der Waals surface area (Å²) in [5, 5.41) is 11.9. The Kier molecular flexibility index (Phi) is 10.3. The minimum Gasteiger partial charge on any atom is -0.481 e. The van der Waals surface area contributed by atoms with Crippen LogP contribution < -0.4 is 10.2 Å². The van der Waals surface area contributed by atoms with Crippen molar-refractivity contribution in [3.8, 4) is 0 Å². The lowest BCUT2D eigenvalue weighted by atomic mass is 9.85. The van der Waals surface area contributed by atoms with Gasteiger partial charge in [-0.25, -0.2) is 29.6 Å². The molecule has 51 heavy (non-hydrogen) atoms. The van der Waals surface area contributed by atoms with E-state index in [1.165, 1.54) is 23.0 Å². The molecule has 3 fully saturated rings. The van der Waals surface area contributed by atoms with Crippen LogP contribution in [0, 0.1) is 24.1 Å². The molecule has 1 amide bonds. The van der Waals surface area contributed by atoms with Gasteiger partial charge in [-0.05, 0) is 55.0 Å². The molecule has 0 aliphatic carbocycles. The second-order valence-corrected chi connectivity index (χ2v) is 13.4. The zero-order valence-corrected chi connectivity index (χ0v) is 27.6. The number of halogens is 6. The fourth-order valence-corrected chi connectivity index (χ4v) is 7.50. The van der Waals surface area contributed by atoms with Gasteiger partial charge in [0, 0.05) is 75.4 Å². The Hall–Kier alpha value is -4.62. The Morgan fingerprint density at radius 2 is 1.76 bits per heavy atom. The summed E-state index contributed by atoms with van der Waals surface area (Å²) in [4.78, 5) is 38.5. The summed E-state index contributed by atoms with van der Waals surface area (Å²) in [5.41, 5.74) is -3.00. The molecule has 1 aromatic heterocycles. The van der Waals surface area contributed by atoms with Crippen LogP contribution in [0.5, 0.6) is 0 Å². The summed E-state index contributed by atoms with van der Waals surface area (Å²) in [7, 11) is 0. The van der Waals surface area contributed by atoms with Gasteiger partial charge < -0.3 is 14.6 Å². The van der Waals surface area contributed by atoms with Crippen LogP contribution in [0.2, 0.25) is 0 Å². The Morgan fingerprint density at radius 1 is 1.04 bits per heavy atom. The monoisotopic (exact) mass is 717 g/mol. The van der Waals surface area contributed by atoms with Crippen molar-refractivity contribution in [2.24, 2.45) is 5.92 Å². The predicted octanol–water partition coefficient (Wildman–Crippen LogP) is 5.62. The lowest BCUT2D eigenvalue weighted by Gasteiger charge is -2.34. The number of benzene rings is 2. The molecule has 0 saturated carbocycles. The van der Waals surface area contributed by atoms with Gasteiger partial charge in [-0.3, -0.25) is 24.7 Å². The van der Waals surface area contributed by atoms with Crippen molar-refractivity contribution >= 4 is 23.5 Å². The highest BCUT2D eigenvalue weighted by atomic mass is 19.4. The second-order valence-electron chi connectivity index (χ2n) is 13.4. The predicted molar refractivity (Wildman–Crippen MR) is 175 cm³/mol. The molecule has 4 heterocycles. The van der Waals surface area contributed by atoms with Gasteiger partial charge in [0.1, 0.15) is 11.6 Å². The molecule has 3 aliphatic rings. The average Bonchev–Trinajstić information content (AvgIpc) is 3.69. The molecule has 2 N–H and O–H groups in total. The number of carboxylic acids is 1. The number of hydrogen-bond acceptors (Lipinski definition) is 6. The maximum Gasteiger partial charge on any atom is 0.416 e. The number of anilines is 2. The topological polar surface area (TPSA) is 98.3 Å². The van der Waals surface area contributed by atoms with Crippen LogP contribution in [-0.4, -0.2) is 94.0 Å². The van der Waals surface area contributed by atoms with Crippen LogP contribution in [0.25, 0.3) is 4.85 Å². The van der Waals surface area contributed by atoms with Crippen LogP contribution in [0.3, 0.4) is 0 Å². The van der Waals surface area contributed by atoms with Gasteiger partial charge in [0.05, 0.1) is 18.0 Å². The van der Waals surface area contributed by atoms with E-state index in [0.29, 0.717) is 37.6 Å². The fraction of sp³-hybridized carbons (Fsp3) is 0.486. The average molecular weight is 718 g/mol. The molecule has 3 saturated heterocycles. The van der Waals surface area contributed by atoms with Crippen LogP contribution in [-0.2, 0) is 22.3 Å². The third-order valence-corrected chi connectivity index (χ3v) is 10.3. The number of nitrogens with zero attached hydrogens (tertiary/aromatic N) is 6. The van der Waals surface area contributed by atoms with Gasteiger partial charge in [-0.15, -0.1) is 0 Å². The molecule has 0 radical (unpaired) electrons. The third kappa shape index (κ3) is 7.69. The number of nitrogens with one attached hydrogen (secondary N) is 1. The minimum absolute atomic E-state index is 0.0120. The molecule has 2 atom stereocenters. The van der Waals surface area contributed by atoms with Gasteiger partial charge in [0.15, 0.2) is 0 Å². The van der Waals surface area contributed by atoms with E-state index >= 15 is 8.78 Å². The fourth-order valence-electron chi connectivity index (χ4n) is 7.50. The van der Waals surface area contributed by atoms with Crippen molar-refractivity contribution in [3.05, 3.63) is 88.5 Å². The summed E-state index contributed by atoms with van der Waals surface area (Å²) in [5.74, 6) is -5.86. The molecule has 0 spiro atoms. The number of likely N-dealkylation sites (tertiary alicyclic amines) is 2. The SMILES string of the molecule is [C-]#[N+]CN1CCC(N2C[C@@H](c3ccc(F)cc3F)[C@](F)(C(=O)Nc3nccn3Cc3ccc(C(F)(F)F)cc3N3CCC(C(=O)O)CC3)C2)CC1. The normalized spacial score (nSPS) is 22.6. The van der Waals surface area contributed by atoms with E-state index < -0.39 is 52.8 Å². The smallest absolute Gasteiger partial charge is 0.416 e. The molecule has 6 rings (SSSR count). The Labute approximate surface area is 290 Å². The summed E-state index contributed by atoms with van der Waals surface area (Å²) in [6.45, 7) is 8.58. The Bertz CT molecular complexity index is 1800. The van der Waals surface area contributed by atoms with Crippen LogP contribution in [0.15, 0.2) is 48.8 Å². The summed E-state index contributed by atoms with van der Waals surface area (Å²) >= 11 is 0. The van der Waals surface area contributed by atoms with Crippen molar-refractivity contribution in [1.29, 1.82) is 0 Å².